The van der Waals surface area contributed by atoms with E-state index >= 15 is 0 Å². The summed E-state index contributed by atoms with van der Waals surface area (Å²) in [5.74, 6) is -0.169. The van der Waals surface area contributed by atoms with Crippen molar-refractivity contribution in [2.24, 2.45) is 0 Å². The lowest BCUT2D eigenvalue weighted by Crippen LogP contribution is -2.29. The second kappa shape index (κ2) is 5.04. The molecule has 1 aliphatic rings. The van der Waals surface area contributed by atoms with E-state index in [1.54, 1.807) is 0 Å². The number of aromatic nitrogens is 1. The van der Waals surface area contributed by atoms with Crippen molar-refractivity contribution < 1.29 is 9.59 Å². The summed E-state index contributed by atoms with van der Waals surface area (Å²) in [5, 5.41) is 0.761. The highest BCUT2D eigenvalue weighted by Crippen LogP contribution is 2.24. The van der Waals surface area contributed by atoms with Gasteiger partial charge in [-0.1, -0.05) is 18.2 Å². The van der Waals surface area contributed by atoms with Crippen LogP contribution >= 0.6 is 0 Å². The van der Waals surface area contributed by atoms with Crippen LogP contribution in [-0.4, -0.2) is 34.7 Å². The van der Waals surface area contributed by atoms with Gasteiger partial charge in [-0.25, -0.2) is 0 Å². The Morgan fingerprint density at radius 3 is 2.55 bits per heavy atom. The molecule has 1 fully saturated rings. The largest absolute Gasteiger partial charge is 0.339 e. The Kier molecular flexibility index (Phi) is 3.22. The molecule has 4 nitrogen and oxygen atoms in total. The molecule has 20 heavy (non-hydrogen) atoms. The van der Waals surface area contributed by atoms with E-state index in [1.807, 2.05) is 29.2 Å². The molecule has 0 radical (unpaired) electrons. The van der Waals surface area contributed by atoms with Gasteiger partial charge in [-0.3, -0.25) is 14.6 Å². The fourth-order valence-corrected chi connectivity index (χ4v) is 2.72. The summed E-state index contributed by atoms with van der Waals surface area (Å²) >= 11 is 0. The number of rotatable bonds is 2. The fourth-order valence-electron chi connectivity index (χ4n) is 2.72. The van der Waals surface area contributed by atoms with Crippen molar-refractivity contribution in [3.8, 4) is 0 Å². The van der Waals surface area contributed by atoms with Crippen LogP contribution in [0.15, 0.2) is 30.5 Å². The number of carbonyl (C=O) groups is 2. The van der Waals surface area contributed by atoms with E-state index in [-0.39, 0.29) is 11.7 Å². The molecule has 1 amide bonds. The molecular formula is C16H16N2O2. The van der Waals surface area contributed by atoms with Crippen molar-refractivity contribution in [3.63, 3.8) is 0 Å². The molecule has 102 valence electrons. The van der Waals surface area contributed by atoms with Crippen molar-refractivity contribution in [3.05, 3.63) is 41.6 Å². The van der Waals surface area contributed by atoms with Gasteiger partial charge >= 0.3 is 0 Å². The van der Waals surface area contributed by atoms with Crippen LogP contribution in [0.5, 0.6) is 0 Å². The van der Waals surface area contributed by atoms with Gasteiger partial charge in [0.25, 0.3) is 5.91 Å². The minimum Gasteiger partial charge on any atom is -0.339 e. The summed E-state index contributed by atoms with van der Waals surface area (Å²) in [6.07, 6.45) is 3.59. The molecule has 0 bridgehead atoms. The first-order chi connectivity index (χ1) is 9.68. The molecule has 0 saturated carbocycles. The second-order valence-electron chi connectivity index (χ2n) is 5.12. The van der Waals surface area contributed by atoms with Crippen LogP contribution in [-0.2, 0) is 0 Å². The van der Waals surface area contributed by atoms with Gasteiger partial charge in [0.2, 0.25) is 0 Å². The van der Waals surface area contributed by atoms with Crippen molar-refractivity contribution in [2.75, 3.05) is 13.1 Å². The predicted molar refractivity (Wildman–Crippen MR) is 76.9 cm³/mol. The quantitative estimate of drug-likeness (QED) is 0.787. The van der Waals surface area contributed by atoms with Gasteiger partial charge in [-0.15, -0.1) is 0 Å². The predicted octanol–water partition coefficient (Wildman–Crippen LogP) is 2.67. The summed E-state index contributed by atoms with van der Waals surface area (Å²) in [4.78, 5) is 30.7. The first kappa shape index (κ1) is 12.8. The number of fused-ring (bicyclic) bond motifs is 1. The molecule has 0 spiro atoms. The van der Waals surface area contributed by atoms with Gasteiger partial charge in [-0.05, 0) is 25.8 Å². The van der Waals surface area contributed by atoms with Crippen LogP contribution in [0.2, 0.25) is 0 Å². The third-order valence-electron chi connectivity index (χ3n) is 3.76. The molecular weight excluding hydrogens is 252 g/mol. The van der Waals surface area contributed by atoms with E-state index in [9.17, 15) is 9.59 Å². The van der Waals surface area contributed by atoms with E-state index in [4.69, 9.17) is 0 Å². The van der Waals surface area contributed by atoms with Gasteiger partial charge in [-0.2, -0.15) is 0 Å². The summed E-state index contributed by atoms with van der Waals surface area (Å²) < 4.78 is 0. The Balaban J connectivity index is 2.21. The van der Waals surface area contributed by atoms with Crippen molar-refractivity contribution in [1.29, 1.82) is 0 Å². The lowest BCUT2D eigenvalue weighted by atomic mass is 10.00. The standard InChI is InChI=1S/C16H16N2O2/c1-11(19)13-10-17-14-7-3-2-6-12(14)15(13)16(20)18-8-4-5-9-18/h2-3,6-7,10H,4-5,8-9H2,1H3. The number of likely N-dealkylation sites (tertiary alicyclic amines) is 1. The average molecular weight is 268 g/mol. The molecule has 3 rings (SSSR count). The number of Topliss-reactive ketones (excluding diaryl/α,β-unsaturated/α-hetero) is 1. The van der Waals surface area contributed by atoms with Gasteiger partial charge in [0.1, 0.15) is 0 Å². The van der Waals surface area contributed by atoms with Crippen LogP contribution in [0.3, 0.4) is 0 Å². The average Bonchev–Trinajstić information content (AvgIpc) is 2.99. The van der Waals surface area contributed by atoms with E-state index in [0.29, 0.717) is 11.1 Å². The van der Waals surface area contributed by atoms with E-state index in [1.165, 1.54) is 13.1 Å². The van der Waals surface area contributed by atoms with Crippen molar-refractivity contribution in [2.45, 2.75) is 19.8 Å². The number of para-hydroxylation sites is 1. The Hall–Kier alpha value is -2.23. The van der Waals surface area contributed by atoms with Gasteiger partial charge < -0.3 is 4.90 Å². The number of nitrogens with zero attached hydrogens (tertiary/aromatic N) is 2. The highest BCUT2D eigenvalue weighted by molar-refractivity contribution is 6.14. The number of pyridine rings is 1. The SMILES string of the molecule is CC(=O)c1cnc2ccccc2c1C(=O)N1CCCC1. The first-order valence-electron chi connectivity index (χ1n) is 6.86. The summed E-state index contributed by atoms with van der Waals surface area (Å²) in [7, 11) is 0. The molecule has 1 aromatic carbocycles. The number of hydrogen-bond donors (Lipinski definition) is 0. The fraction of sp³-hybridized carbons (Fsp3) is 0.312. The Bertz CT molecular complexity index is 688. The molecule has 0 atom stereocenters. The van der Waals surface area contributed by atoms with Crippen LogP contribution < -0.4 is 0 Å². The van der Waals surface area contributed by atoms with Crippen LogP contribution in [0, 0.1) is 0 Å². The zero-order chi connectivity index (χ0) is 14.1. The highest BCUT2D eigenvalue weighted by Gasteiger charge is 2.25. The van der Waals surface area contributed by atoms with Gasteiger partial charge in [0, 0.05) is 30.2 Å². The lowest BCUT2D eigenvalue weighted by Gasteiger charge is -2.18. The van der Waals surface area contributed by atoms with Crippen molar-refractivity contribution in [1.82, 2.24) is 9.88 Å². The minimum absolute atomic E-state index is 0.0497. The maximum Gasteiger partial charge on any atom is 0.255 e. The summed E-state index contributed by atoms with van der Waals surface area (Å²) in [6, 6.07) is 7.47. The molecule has 1 saturated heterocycles. The molecule has 2 aromatic rings. The summed E-state index contributed by atoms with van der Waals surface area (Å²) in [6.45, 7) is 3.02. The molecule has 1 aliphatic heterocycles. The molecule has 4 heteroatoms. The van der Waals surface area contributed by atoms with Crippen LogP contribution in [0.4, 0.5) is 0 Å². The van der Waals surface area contributed by atoms with Crippen LogP contribution in [0.1, 0.15) is 40.5 Å². The number of benzene rings is 1. The second-order valence-corrected chi connectivity index (χ2v) is 5.12. The molecule has 1 aromatic heterocycles. The minimum atomic E-state index is -0.120. The Labute approximate surface area is 117 Å². The molecule has 2 heterocycles. The topological polar surface area (TPSA) is 50.3 Å². The van der Waals surface area contributed by atoms with Crippen LogP contribution in [0.25, 0.3) is 10.9 Å². The number of carbonyl (C=O) groups excluding carboxylic acids is 2. The third-order valence-corrected chi connectivity index (χ3v) is 3.76. The maximum atomic E-state index is 12.7. The zero-order valence-electron chi connectivity index (χ0n) is 11.4. The Morgan fingerprint density at radius 2 is 1.85 bits per heavy atom. The van der Waals surface area contributed by atoms with E-state index in [2.05, 4.69) is 4.98 Å². The molecule has 0 N–H and O–H groups in total. The maximum absolute atomic E-state index is 12.7. The van der Waals surface area contributed by atoms with Gasteiger partial charge in [0.15, 0.2) is 5.78 Å². The zero-order valence-corrected chi connectivity index (χ0v) is 11.4. The normalized spacial score (nSPS) is 14.8. The van der Waals surface area contributed by atoms with E-state index in [0.717, 1.165) is 36.8 Å². The monoisotopic (exact) mass is 268 g/mol. The van der Waals surface area contributed by atoms with E-state index < -0.39 is 0 Å². The molecule has 0 unspecified atom stereocenters. The number of ketones is 1. The van der Waals surface area contributed by atoms with Gasteiger partial charge in [0.05, 0.1) is 11.1 Å². The Morgan fingerprint density at radius 1 is 1.15 bits per heavy atom. The smallest absolute Gasteiger partial charge is 0.255 e. The number of hydrogen-bond acceptors (Lipinski definition) is 3. The third kappa shape index (κ3) is 2.07. The van der Waals surface area contributed by atoms with Crippen molar-refractivity contribution >= 4 is 22.6 Å². The number of amides is 1. The molecule has 0 aliphatic carbocycles. The highest BCUT2D eigenvalue weighted by atomic mass is 16.2. The lowest BCUT2D eigenvalue weighted by molar-refractivity contribution is 0.0789. The first-order valence-corrected chi connectivity index (χ1v) is 6.86. The summed E-state index contributed by atoms with van der Waals surface area (Å²) in [5.41, 5.74) is 1.67.